The third-order valence-electron chi connectivity index (χ3n) is 0.829. The van der Waals surface area contributed by atoms with Gasteiger partial charge < -0.3 is 5.32 Å². The Balaban J connectivity index is -0.000000116. The maximum absolute atomic E-state index is 3.50. The third-order valence-corrected chi connectivity index (χ3v) is 0.829. The average molecular weight is 315 g/mol. The molecule has 0 atom stereocenters. The molecule has 3 heteroatoms. The zero-order valence-corrected chi connectivity index (χ0v) is 11.3. The van der Waals surface area contributed by atoms with Crippen LogP contribution in [0.5, 0.6) is 0 Å². The van der Waals surface area contributed by atoms with Crippen molar-refractivity contribution in [2.45, 2.75) is 6.92 Å². The zero-order chi connectivity index (χ0) is 7.11. The van der Waals surface area contributed by atoms with E-state index in [1.807, 2.05) is 12.1 Å². The normalized spacial score (nSPS) is 6.45. The van der Waals surface area contributed by atoms with Gasteiger partial charge in [-0.25, -0.2) is 12.1 Å². The first-order valence-electron chi connectivity index (χ1n) is 2.97. The van der Waals surface area contributed by atoms with Crippen molar-refractivity contribution >= 4 is 0 Å². The Morgan fingerprint density at radius 3 is 1.45 bits per heavy atom. The van der Waals surface area contributed by atoms with Crippen LogP contribution in [0.25, 0.3) is 5.32 Å². The molecule has 0 bridgehead atoms. The van der Waals surface area contributed by atoms with Gasteiger partial charge in [0.05, 0.1) is 0 Å². The Labute approximate surface area is 101 Å². The molecule has 0 saturated heterocycles. The summed E-state index contributed by atoms with van der Waals surface area (Å²) in [6, 6.07) is 8.24. The van der Waals surface area contributed by atoms with Gasteiger partial charge in [-0.05, 0) is 0 Å². The molecule has 0 spiro atoms. The van der Waals surface area contributed by atoms with E-state index < -0.39 is 0 Å². The summed E-state index contributed by atoms with van der Waals surface area (Å²) < 4.78 is 0. The van der Waals surface area contributed by atoms with Crippen LogP contribution in [0.2, 0.25) is 0 Å². The van der Waals surface area contributed by atoms with E-state index in [0.29, 0.717) is 0 Å². The largest absolute Gasteiger partial charge is 2.00 e. The number of aryl methyl sites for hydroxylation is 1. The predicted molar refractivity (Wildman–Crippen MR) is 42.0 cm³/mol. The zero-order valence-electron chi connectivity index (χ0n) is 7.11. The van der Waals surface area contributed by atoms with E-state index in [-0.39, 0.29) is 45.7 Å². The van der Waals surface area contributed by atoms with Crippen molar-refractivity contribution < 1.29 is 45.7 Å². The van der Waals surface area contributed by atoms with Gasteiger partial charge in [0.15, 0.2) is 0 Å². The van der Waals surface area contributed by atoms with Gasteiger partial charge in [0.1, 0.15) is 0 Å². The molecular formula is C8H13NRuZr. The van der Waals surface area contributed by atoms with E-state index in [9.17, 15) is 0 Å². The van der Waals surface area contributed by atoms with Crippen LogP contribution in [0, 0.1) is 6.92 Å². The van der Waals surface area contributed by atoms with Crippen LogP contribution in [0.15, 0.2) is 24.3 Å². The molecule has 1 aromatic carbocycles. The van der Waals surface area contributed by atoms with E-state index in [0.717, 1.165) is 0 Å². The molecule has 1 nitrogen and oxygen atoms in total. The average Bonchev–Trinajstić information content (AvgIpc) is 2.20. The Hall–Kier alpha value is 0.816. The standard InChI is InChI=1S/C6H7.C2H6N.Ru.Zr/c1-6-4-2-3-5-6;1-3-2;;/h2-5H,1H3;1-2H3;;/q2*-1;;+2. The van der Waals surface area contributed by atoms with E-state index in [2.05, 4.69) is 24.4 Å². The summed E-state index contributed by atoms with van der Waals surface area (Å²) >= 11 is 0. The van der Waals surface area contributed by atoms with Crippen LogP contribution >= 0.6 is 0 Å². The monoisotopic (exact) mass is 315 g/mol. The minimum Gasteiger partial charge on any atom is -0.668 e. The molecule has 11 heavy (non-hydrogen) atoms. The maximum atomic E-state index is 3.50. The SMILES string of the molecule is C[N-]C.C[c-]1cccc1.[Ru].[Zr+2]. The van der Waals surface area contributed by atoms with Crippen LogP contribution in [-0.4, -0.2) is 14.1 Å². The second-order valence-corrected chi connectivity index (χ2v) is 1.91. The summed E-state index contributed by atoms with van der Waals surface area (Å²) in [7, 11) is 3.50. The van der Waals surface area contributed by atoms with E-state index in [1.165, 1.54) is 5.56 Å². The second kappa shape index (κ2) is 13.4. The molecule has 0 unspecified atom stereocenters. The molecule has 0 amide bonds. The molecule has 0 radical (unpaired) electrons. The summed E-state index contributed by atoms with van der Waals surface area (Å²) in [4.78, 5) is 0. The first-order chi connectivity index (χ1) is 4.31. The molecule has 0 aromatic heterocycles. The Morgan fingerprint density at radius 1 is 1.09 bits per heavy atom. The molecule has 0 aliphatic heterocycles. The number of rotatable bonds is 0. The summed E-state index contributed by atoms with van der Waals surface area (Å²) in [6.45, 7) is 2.08. The fourth-order valence-electron chi connectivity index (χ4n) is 0.470. The van der Waals surface area contributed by atoms with Crippen LogP contribution in [0.3, 0.4) is 0 Å². The molecule has 0 saturated carbocycles. The van der Waals surface area contributed by atoms with E-state index >= 15 is 0 Å². The van der Waals surface area contributed by atoms with Crippen molar-refractivity contribution in [2.24, 2.45) is 0 Å². The van der Waals surface area contributed by atoms with Crippen LogP contribution < -0.4 is 0 Å². The summed E-state index contributed by atoms with van der Waals surface area (Å²) in [5, 5.41) is 3.50. The van der Waals surface area contributed by atoms with Gasteiger partial charge in [-0.2, -0.15) is 31.8 Å². The first-order valence-corrected chi connectivity index (χ1v) is 2.97. The van der Waals surface area contributed by atoms with Gasteiger partial charge in [-0.15, -0.1) is 0 Å². The third kappa shape index (κ3) is 13.8. The van der Waals surface area contributed by atoms with Gasteiger partial charge in [0.25, 0.3) is 0 Å². The van der Waals surface area contributed by atoms with Crippen LogP contribution in [0.4, 0.5) is 0 Å². The molecule has 0 N–H and O–H groups in total. The fourth-order valence-corrected chi connectivity index (χ4v) is 0.470. The van der Waals surface area contributed by atoms with Crippen molar-refractivity contribution in [3.05, 3.63) is 35.1 Å². The molecular weight excluding hydrogens is 302 g/mol. The molecule has 0 heterocycles. The van der Waals surface area contributed by atoms with Gasteiger partial charge in [0.2, 0.25) is 0 Å². The smallest absolute Gasteiger partial charge is 0.668 e. The number of nitrogens with zero attached hydrogens (tertiary/aromatic N) is 1. The molecule has 62 valence electrons. The van der Waals surface area contributed by atoms with Crippen molar-refractivity contribution in [2.75, 3.05) is 14.1 Å². The van der Waals surface area contributed by atoms with Crippen molar-refractivity contribution in [1.82, 2.24) is 0 Å². The number of hydrogen-bond acceptors (Lipinski definition) is 0. The minimum atomic E-state index is 0. The topological polar surface area (TPSA) is 14.1 Å². The van der Waals surface area contributed by atoms with E-state index in [4.69, 9.17) is 0 Å². The first kappa shape index (κ1) is 17.8. The summed E-state index contributed by atoms with van der Waals surface area (Å²) in [5.74, 6) is 0. The van der Waals surface area contributed by atoms with Gasteiger partial charge in [-0.1, -0.05) is 6.92 Å². The quantitative estimate of drug-likeness (QED) is 0.515. The van der Waals surface area contributed by atoms with Crippen LogP contribution in [-0.2, 0) is 45.7 Å². The minimum absolute atomic E-state index is 0. The fraction of sp³-hybridized carbons (Fsp3) is 0.375. The van der Waals surface area contributed by atoms with Crippen molar-refractivity contribution in [3.8, 4) is 0 Å². The number of hydrogen-bond donors (Lipinski definition) is 0. The van der Waals surface area contributed by atoms with Gasteiger partial charge in [-0.3, -0.25) is 0 Å². The molecule has 1 aromatic rings. The van der Waals surface area contributed by atoms with Gasteiger partial charge in [0, 0.05) is 19.5 Å². The molecule has 0 aliphatic rings. The van der Waals surface area contributed by atoms with Crippen molar-refractivity contribution in [1.29, 1.82) is 0 Å². The molecule has 0 aliphatic carbocycles. The Morgan fingerprint density at radius 2 is 1.36 bits per heavy atom. The van der Waals surface area contributed by atoms with Gasteiger partial charge >= 0.3 is 26.2 Å². The Bertz CT molecular complexity index is 129. The maximum Gasteiger partial charge on any atom is 2.00 e. The summed E-state index contributed by atoms with van der Waals surface area (Å²) in [5.41, 5.74) is 1.34. The molecule has 0 fully saturated rings. The Kier molecular flexibility index (Phi) is 21.7. The summed E-state index contributed by atoms with van der Waals surface area (Å²) in [6.07, 6.45) is 0. The second-order valence-electron chi connectivity index (χ2n) is 1.91. The van der Waals surface area contributed by atoms with E-state index in [1.54, 1.807) is 14.1 Å². The van der Waals surface area contributed by atoms with Crippen molar-refractivity contribution in [3.63, 3.8) is 0 Å². The van der Waals surface area contributed by atoms with Crippen LogP contribution in [0.1, 0.15) is 5.56 Å². The molecule has 1 rings (SSSR count). The predicted octanol–water partition coefficient (Wildman–Crippen LogP) is 2.33.